The van der Waals surface area contributed by atoms with Gasteiger partial charge in [-0.3, -0.25) is 4.79 Å². The maximum Gasteiger partial charge on any atom is 0.237 e. The van der Waals surface area contributed by atoms with E-state index in [1.807, 2.05) is 6.92 Å². The zero-order valence-electron chi connectivity index (χ0n) is 11.5. The van der Waals surface area contributed by atoms with Crippen molar-refractivity contribution in [1.29, 1.82) is 0 Å². The molecule has 1 rings (SSSR count). The molecule has 106 valence electrons. The number of primary amides is 1. The van der Waals surface area contributed by atoms with Crippen LogP contribution in [-0.2, 0) is 11.4 Å². The smallest absolute Gasteiger partial charge is 0.237 e. The number of carbonyl (C=O) groups is 1. The van der Waals surface area contributed by atoms with Crippen molar-refractivity contribution in [2.75, 3.05) is 13.2 Å². The third-order valence-electron chi connectivity index (χ3n) is 3.09. The maximum atomic E-state index is 11.4. The lowest BCUT2D eigenvalue weighted by atomic mass is 9.97. The molecule has 0 radical (unpaired) electrons. The number of rotatable bonds is 8. The van der Waals surface area contributed by atoms with Gasteiger partial charge in [-0.05, 0) is 31.2 Å². The highest BCUT2D eigenvalue weighted by atomic mass is 16.5. The van der Waals surface area contributed by atoms with Crippen molar-refractivity contribution < 1.29 is 14.6 Å². The highest BCUT2D eigenvalue weighted by molar-refractivity contribution is 5.84. The van der Waals surface area contributed by atoms with E-state index in [0.717, 1.165) is 5.56 Å². The fourth-order valence-electron chi connectivity index (χ4n) is 1.75. The van der Waals surface area contributed by atoms with E-state index in [4.69, 9.17) is 15.6 Å². The SMILES string of the molecule is CCNC(C)(CCOc1ccc(CO)cc1)C(N)=O. The predicted octanol–water partition coefficient (Wildman–Crippen LogP) is 0.801. The summed E-state index contributed by atoms with van der Waals surface area (Å²) in [5.41, 5.74) is 5.47. The lowest BCUT2D eigenvalue weighted by Gasteiger charge is -2.26. The van der Waals surface area contributed by atoms with Crippen LogP contribution in [0.2, 0.25) is 0 Å². The number of hydrogen-bond acceptors (Lipinski definition) is 4. The van der Waals surface area contributed by atoms with Gasteiger partial charge < -0.3 is 20.9 Å². The lowest BCUT2D eigenvalue weighted by Crippen LogP contribution is -2.53. The number of aliphatic hydroxyl groups is 1. The van der Waals surface area contributed by atoms with Gasteiger partial charge >= 0.3 is 0 Å². The van der Waals surface area contributed by atoms with E-state index in [0.29, 0.717) is 25.3 Å². The Hall–Kier alpha value is -1.59. The first kappa shape index (κ1) is 15.5. The van der Waals surface area contributed by atoms with Crippen LogP contribution in [-0.4, -0.2) is 29.7 Å². The number of aliphatic hydroxyl groups excluding tert-OH is 1. The summed E-state index contributed by atoms with van der Waals surface area (Å²) in [6.07, 6.45) is 0.498. The summed E-state index contributed by atoms with van der Waals surface area (Å²) in [6, 6.07) is 7.18. The number of carbonyl (C=O) groups excluding carboxylic acids is 1. The van der Waals surface area contributed by atoms with Gasteiger partial charge in [0.1, 0.15) is 5.75 Å². The summed E-state index contributed by atoms with van der Waals surface area (Å²) in [6.45, 7) is 4.78. The van der Waals surface area contributed by atoms with Crippen molar-refractivity contribution >= 4 is 5.91 Å². The second-order valence-electron chi connectivity index (χ2n) is 4.63. The third kappa shape index (κ3) is 4.54. The number of benzene rings is 1. The summed E-state index contributed by atoms with van der Waals surface area (Å²) < 4.78 is 5.57. The van der Waals surface area contributed by atoms with Gasteiger partial charge in [0.2, 0.25) is 5.91 Å². The minimum atomic E-state index is -0.750. The van der Waals surface area contributed by atoms with Crippen molar-refractivity contribution in [3.05, 3.63) is 29.8 Å². The molecule has 0 aliphatic carbocycles. The molecule has 19 heavy (non-hydrogen) atoms. The molecule has 0 bridgehead atoms. The monoisotopic (exact) mass is 266 g/mol. The van der Waals surface area contributed by atoms with E-state index in [-0.39, 0.29) is 12.5 Å². The Balaban J connectivity index is 2.49. The summed E-state index contributed by atoms with van der Waals surface area (Å²) in [4.78, 5) is 11.4. The second kappa shape index (κ2) is 7.11. The highest BCUT2D eigenvalue weighted by Gasteiger charge is 2.29. The molecule has 5 nitrogen and oxygen atoms in total. The van der Waals surface area contributed by atoms with Crippen molar-refractivity contribution in [2.24, 2.45) is 5.73 Å². The maximum absolute atomic E-state index is 11.4. The Kier molecular flexibility index (Phi) is 5.79. The van der Waals surface area contributed by atoms with Crippen LogP contribution in [0.15, 0.2) is 24.3 Å². The summed E-state index contributed by atoms with van der Waals surface area (Å²) >= 11 is 0. The Labute approximate surface area is 113 Å². The molecular weight excluding hydrogens is 244 g/mol. The average Bonchev–Trinajstić information content (AvgIpc) is 2.39. The number of hydrogen-bond donors (Lipinski definition) is 3. The van der Waals surface area contributed by atoms with Crippen LogP contribution < -0.4 is 15.8 Å². The topological polar surface area (TPSA) is 84.6 Å². The van der Waals surface area contributed by atoms with E-state index in [9.17, 15) is 4.79 Å². The Morgan fingerprint density at radius 1 is 1.42 bits per heavy atom. The standard InChI is InChI=1S/C14H22N2O3/c1-3-16-14(2,13(15)18)8-9-19-12-6-4-11(10-17)5-7-12/h4-7,16-17H,3,8-10H2,1-2H3,(H2,15,18). The van der Waals surface area contributed by atoms with Crippen molar-refractivity contribution in [1.82, 2.24) is 5.32 Å². The lowest BCUT2D eigenvalue weighted by molar-refractivity contribution is -0.124. The molecule has 0 aromatic heterocycles. The van der Waals surface area contributed by atoms with E-state index >= 15 is 0 Å². The van der Waals surface area contributed by atoms with Gasteiger partial charge in [-0.1, -0.05) is 19.1 Å². The zero-order chi connectivity index (χ0) is 14.3. The highest BCUT2D eigenvalue weighted by Crippen LogP contribution is 2.15. The van der Waals surface area contributed by atoms with Crippen molar-refractivity contribution in [3.8, 4) is 5.75 Å². The number of nitrogens with one attached hydrogen (secondary N) is 1. The van der Waals surface area contributed by atoms with Gasteiger partial charge in [0.25, 0.3) is 0 Å². The van der Waals surface area contributed by atoms with Gasteiger partial charge in [0, 0.05) is 6.42 Å². The average molecular weight is 266 g/mol. The number of likely N-dealkylation sites (N-methyl/N-ethyl adjacent to an activating group) is 1. The molecule has 0 saturated heterocycles. The van der Waals surface area contributed by atoms with Gasteiger partial charge in [0.05, 0.1) is 18.8 Å². The second-order valence-corrected chi connectivity index (χ2v) is 4.63. The Morgan fingerprint density at radius 2 is 2.05 bits per heavy atom. The quantitative estimate of drug-likeness (QED) is 0.650. The summed E-state index contributed by atoms with van der Waals surface area (Å²) in [5.74, 6) is 0.328. The number of ether oxygens (including phenoxy) is 1. The van der Waals surface area contributed by atoms with Crippen molar-refractivity contribution in [2.45, 2.75) is 32.4 Å². The normalized spacial score (nSPS) is 13.8. The molecule has 0 fully saturated rings. The first-order chi connectivity index (χ1) is 9.01. The number of amides is 1. The molecule has 1 unspecified atom stereocenters. The Morgan fingerprint density at radius 3 is 2.53 bits per heavy atom. The first-order valence-corrected chi connectivity index (χ1v) is 6.39. The van der Waals surface area contributed by atoms with Gasteiger partial charge in [-0.25, -0.2) is 0 Å². The summed E-state index contributed by atoms with van der Waals surface area (Å²) in [5, 5.41) is 12.0. The predicted molar refractivity (Wildman–Crippen MR) is 73.8 cm³/mol. The molecule has 0 heterocycles. The molecule has 5 heteroatoms. The molecule has 0 aliphatic rings. The molecule has 1 aromatic carbocycles. The molecule has 0 spiro atoms. The van der Waals surface area contributed by atoms with Gasteiger partial charge in [-0.15, -0.1) is 0 Å². The largest absolute Gasteiger partial charge is 0.494 e. The minimum absolute atomic E-state index is 0.0143. The van der Waals surface area contributed by atoms with Gasteiger partial charge in [-0.2, -0.15) is 0 Å². The third-order valence-corrected chi connectivity index (χ3v) is 3.09. The molecule has 0 saturated carbocycles. The van der Waals surface area contributed by atoms with Crippen LogP contribution in [0.25, 0.3) is 0 Å². The van der Waals surface area contributed by atoms with E-state index in [1.165, 1.54) is 0 Å². The van der Waals surface area contributed by atoms with Gasteiger partial charge in [0.15, 0.2) is 0 Å². The number of nitrogens with two attached hydrogens (primary N) is 1. The molecule has 0 aliphatic heterocycles. The van der Waals surface area contributed by atoms with E-state index in [2.05, 4.69) is 5.32 Å². The molecule has 1 aromatic rings. The fraction of sp³-hybridized carbons (Fsp3) is 0.500. The fourth-order valence-corrected chi connectivity index (χ4v) is 1.75. The van der Waals surface area contributed by atoms with Crippen LogP contribution in [0.5, 0.6) is 5.75 Å². The molecule has 1 amide bonds. The first-order valence-electron chi connectivity index (χ1n) is 6.39. The zero-order valence-corrected chi connectivity index (χ0v) is 11.5. The van der Waals surface area contributed by atoms with Crippen LogP contribution >= 0.6 is 0 Å². The van der Waals surface area contributed by atoms with Crippen LogP contribution in [0, 0.1) is 0 Å². The molecular formula is C14H22N2O3. The minimum Gasteiger partial charge on any atom is -0.494 e. The van der Waals surface area contributed by atoms with Crippen LogP contribution in [0.1, 0.15) is 25.8 Å². The van der Waals surface area contributed by atoms with Crippen LogP contribution in [0.4, 0.5) is 0 Å². The Bertz CT molecular complexity index is 406. The molecule has 4 N–H and O–H groups in total. The van der Waals surface area contributed by atoms with E-state index < -0.39 is 5.54 Å². The van der Waals surface area contributed by atoms with E-state index in [1.54, 1.807) is 31.2 Å². The van der Waals surface area contributed by atoms with Crippen LogP contribution in [0.3, 0.4) is 0 Å². The molecule has 1 atom stereocenters. The summed E-state index contributed by atoms with van der Waals surface area (Å²) in [7, 11) is 0. The van der Waals surface area contributed by atoms with Crippen molar-refractivity contribution in [3.63, 3.8) is 0 Å².